The number of halogens is 1. The number of ether oxygens (including phenoxy) is 1. The zero-order valence-corrected chi connectivity index (χ0v) is 12.2. The lowest BCUT2D eigenvalue weighted by molar-refractivity contribution is -0.0890. The van der Waals surface area contributed by atoms with Gasteiger partial charge >= 0.3 is 0 Å². The van der Waals surface area contributed by atoms with Crippen molar-refractivity contribution in [2.45, 2.75) is 18.8 Å². The lowest BCUT2D eigenvalue weighted by Gasteiger charge is -2.46. The third kappa shape index (κ3) is 2.08. The summed E-state index contributed by atoms with van der Waals surface area (Å²) >= 11 is 5.40. The first-order valence-corrected chi connectivity index (χ1v) is 7.32. The van der Waals surface area contributed by atoms with E-state index in [0.717, 1.165) is 19.8 Å². The molecule has 1 fully saturated rings. The molecule has 16 heavy (non-hydrogen) atoms. The Labute approximate surface area is 110 Å². The summed E-state index contributed by atoms with van der Waals surface area (Å²) in [5.74, 6) is 0.664. The highest BCUT2D eigenvalue weighted by molar-refractivity contribution is 9.11. The van der Waals surface area contributed by atoms with E-state index in [0.29, 0.717) is 5.92 Å². The van der Waals surface area contributed by atoms with Gasteiger partial charge in [-0.05, 0) is 47.6 Å². The lowest BCUT2D eigenvalue weighted by Crippen LogP contribution is -2.54. The molecule has 1 atom stereocenters. The highest BCUT2D eigenvalue weighted by atomic mass is 79.9. The molecule has 0 radical (unpaired) electrons. The van der Waals surface area contributed by atoms with Crippen molar-refractivity contribution >= 4 is 27.3 Å². The van der Waals surface area contributed by atoms with Gasteiger partial charge in [0.1, 0.15) is 0 Å². The van der Waals surface area contributed by atoms with E-state index in [1.54, 1.807) is 0 Å². The van der Waals surface area contributed by atoms with Gasteiger partial charge in [-0.15, -0.1) is 11.3 Å². The summed E-state index contributed by atoms with van der Waals surface area (Å²) in [5.41, 5.74) is 0.258. The van der Waals surface area contributed by atoms with Gasteiger partial charge < -0.3 is 10.1 Å². The first kappa shape index (κ1) is 12.6. The maximum Gasteiger partial charge on any atom is 0.0701 e. The van der Waals surface area contributed by atoms with E-state index < -0.39 is 0 Å². The Morgan fingerprint density at radius 1 is 1.56 bits per heavy atom. The van der Waals surface area contributed by atoms with Crippen molar-refractivity contribution in [2.24, 2.45) is 5.92 Å². The quantitative estimate of drug-likeness (QED) is 0.903. The summed E-state index contributed by atoms with van der Waals surface area (Å²) in [4.78, 5) is 1.47. The predicted molar refractivity (Wildman–Crippen MR) is 72.2 cm³/mol. The first-order chi connectivity index (χ1) is 7.73. The fourth-order valence-electron chi connectivity index (χ4n) is 2.46. The average Bonchev–Trinajstić information content (AvgIpc) is 2.62. The molecule has 0 bridgehead atoms. The number of thiophene rings is 1. The fourth-order valence-corrected chi connectivity index (χ4v) is 4.09. The maximum absolute atomic E-state index is 5.49. The van der Waals surface area contributed by atoms with Gasteiger partial charge in [-0.3, -0.25) is 0 Å². The summed E-state index contributed by atoms with van der Waals surface area (Å²) in [6.45, 7) is 5.08. The highest BCUT2D eigenvalue weighted by Gasteiger charge is 2.46. The van der Waals surface area contributed by atoms with Crippen LogP contribution in [-0.4, -0.2) is 26.8 Å². The summed E-state index contributed by atoms with van der Waals surface area (Å²) in [7, 11) is 2.03. The van der Waals surface area contributed by atoms with Crippen LogP contribution in [0.25, 0.3) is 0 Å². The number of hydrogen-bond acceptors (Lipinski definition) is 3. The smallest absolute Gasteiger partial charge is 0.0701 e. The van der Waals surface area contributed by atoms with Crippen LogP contribution in [0.2, 0.25) is 0 Å². The molecule has 4 heteroatoms. The van der Waals surface area contributed by atoms with Crippen LogP contribution in [0.15, 0.2) is 15.9 Å². The van der Waals surface area contributed by atoms with Crippen molar-refractivity contribution in [2.75, 3.05) is 26.8 Å². The van der Waals surface area contributed by atoms with E-state index >= 15 is 0 Å². The predicted octanol–water partition coefficient (Wildman–Crippen LogP) is 3.02. The second kappa shape index (κ2) is 5.17. The van der Waals surface area contributed by atoms with Gasteiger partial charge in [0.25, 0.3) is 0 Å². The molecule has 1 unspecified atom stereocenters. The molecule has 2 nitrogen and oxygen atoms in total. The van der Waals surface area contributed by atoms with Crippen molar-refractivity contribution in [3.05, 3.63) is 20.8 Å². The second-order valence-electron chi connectivity index (χ2n) is 4.42. The molecular weight excluding hydrogens is 286 g/mol. The van der Waals surface area contributed by atoms with Crippen LogP contribution in [0.5, 0.6) is 0 Å². The molecule has 1 saturated heterocycles. The first-order valence-electron chi connectivity index (χ1n) is 5.71. The monoisotopic (exact) mass is 303 g/mol. The van der Waals surface area contributed by atoms with Crippen LogP contribution in [0, 0.1) is 5.92 Å². The Morgan fingerprint density at radius 3 is 2.69 bits per heavy atom. The molecule has 1 aromatic rings. The summed E-state index contributed by atoms with van der Waals surface area (Å²) in [6, 6.07) is 4.39. The van der Waals surface area contributed by atoms with Crippen LogP contribution >= 0.6 is 27.3 Å². The molecule has 0 amide bonds. The van der Waals surface area contributed by atoms with Crippen LogP contribution in [0.4, 0.5) is 0 Å². The Balaban J connectivity index is 2.24. The van der Waals surface area contributed by atoms with Gasteiger partial charge in [0.05, 0.1) is 22.4 Å². The van der Waals surface area contributed by atoms with E-state index in [1.807, 2.05) is 18.4 Å². The minimum absolute atomic E-state index is 0.258. The zero-order valence-electron chi connectivity index (χ0n) is 9.75. The van der Waals surface area contributed by atoms with E-state index in [2.05, 4.69) is 40.3 Å². The Hall–Kier alpha value is 0.1000. The van der Waals surface area contributed by atoms with E-state index in [4.69, 9.17) is 4.74 Å². The van der Waals surface area contributed by atoms with Crippen molar-refractivity contribution < 1.29 is 4.74 Å². The normalized spacial score (nSPS) is 20.4. The molecular formula is C12H18BrNOS. The number of hydrogen-bond donors (Lipinski definition) is 1. The van der Waals surface area contributed by atoms with Gasteiger partial charge in [-0.1, -0.05) is 13.3 Å². The lowest BCUT2D eigenvalue weighted by atomic mass is 9.71. The van der Waals surface area contributed by atoms with Gasteiger partial charge in [-0.25, -0.2) is 0 Å². The van der Waals surface area contributed by atoms with E-state index in [-0.39, 0.29) is 5.41 Å². The SMILES string of the molecule is CCC(CNC)C1(c2ccc(Br)s2)COC1. The topological polar surface area (TPSA) is 21.3 Å². The Bertz CT molecular complexity index is 349. The minimum atomic E-state index is 0.258. The van der Waals surface area contributed by atoms with Gasteiger partial charge in [0, 0.05) is 4.88 Å². The highest BCUT2D eigenvalue weighted by Crippen LogP contribution is 2.44. The average molecular weight is 304 g/mol. The maximum atomic E-state index is 5.49. The third-order valence-corrected chi connectivity index (χ3v) is 5.35. The largest absolute Gasteiger partial charge is 0.379 e. The van der Waals surface area contributed by atoms with E-state index in [1.165, 1.54) is 15.1 Å². The zero-order chi connectivity index (χ0) is 11.6. The van der Waals surface area contributed by atoms with Crippen molar-refractivity contribution in [1.82, 2.24) is 5.32 Å². The van der Waals surface area contributed by atoms with Crippen LogP contribution in [0.3, 0.4) is 0 Å². The summed E-state index contributed by atoms with van der Waals surface area (Å²) in [6.07, 6.45) is 1.19. The molecule has 1 aromatic heterocycles. The van der Waals surface area contributed by atoms with E-state index in [9.17, 15) is 0 Å². The van der Waals surface area contributed by atoms with Crippen molar-refractivity contribution in [1.29, 1.82) is 0 Å². The standard InChI is InChI=1S/C12H18BrNOS/c1-3-9(6-14-2)12(7-15-8-12)10-4-5-11(13)16-10/h4-5,9,14H,3,6-8H2,1-2H3. The second-order valence-corrected chi connectivity index (χ2v) is 6.88. The minimum Gasteiger partial charge on any atom is -0.379 e. The summed E-state index contributed by atoms with van der Waals surface area (Å²) < 4.78 is 6.71. The third-order valence-electron chi connectivity index (χ3n) is 3.51. The van der Waals surface area contributed by atoms with Crippen LogP contribution in [-0.2, 0) is 10.2 Å². The molecule has 0 aliphatic carbocycles. The van der Waals surface area contributed by atoms with Crippen LogP contribution < -0.4 is 5.32 Å². The molecule has 0 spiro atoms. The molecule has 0 aromatic carbocycles. The van der Waals surface area contributed by atoms with Crippen LogP contribution in [0.1, 0.15) is 18.2 Å². The van der Waals surface area contributed by atoms with Crippen molar-refractivity contribution in [3.63, 3.8) is 0 Å². The molecule has 0 saturated carbocycles. The fraction of sp³-hybridized carbons (Fsp3) is 0.667. The van der Waals surface area contributed by atoms with Gasteiger partial charge in [0.2, 0.25) is 0 Å². The number of rotatable bonds is 5. The van der Waals surface area contributed by atoms with Gasteiger partial charge in [-0.2, -0.15) is 0 Å². The Kier molecular flexibility index (Phi) is 4.06. The molecule has 2 heterocycles. The van der Waals surface area contributed by atoms with Crippen molar-refractivity contribution in [3.8, 4) is 0 Å². The summed E-state index contributed by atoms with van der Waals surface area (Å²) in [5, 5.41) is 3.31. The molecule has 2 rings (SSSR count). The molecule has 1 aliphatic heterocycles. The number of nitrogens with one attached hydrogen (secondary N) is 1. The Morgan fingerprint density at radius 2 is 2.31 bits per heavy atom. The molecule has 1 aliphatic rings. The molecule has 90 valence electrons. The van der Waals surface area contributed by atoms with Gasteiger partial charge in [0.15, 0.2) is 0 Å². The molecule has 1 N–H and O–H groups in total.